The van der Waals surface area contributed by atoms with Crippen molar-refractivity contribution >= 4 is 0 Å². The van der Waals surface area contributed by atoms with Crippen LogP contribution in [0.25, 0.3) is 0 Å². The SMILES string of the molecule is OC(COCCCN1CCCC1)c1ccoc1. The highest BCUT2D eigenvalue weighted by molar-refractivity contribution is 5.08. The van der Waals surface area contributed by atoms with Gasteiger partial charge in [-0.3, -0.25) is 0 Å². The highest BCUT2D eigenvalue weighted by atomic mass is 16.5. The van der Waals surface area contributed by atoms with Gasteiger partial charge in [-0.25, -0.2) is 0 Å². The second-order valence-electron chi connectivity index (χ2n) is 4.55. The molecule has 1 fully saturated rings. The standard InChI is InChI=1S/C13H21NO3/c15-13(12-4-9-17-10-12)11-16-8-3-7-14-5-1-2-6-14/h4,9-10,13,15H,1-3,5-8,11H2. The molecule has 17 heavy (non-hydrogen) atoms. The summed E-state index contributed by atoms with van der Waals surface area (Å²) in [6.07, 6.45) is 6.25. The van der Waals surface area contributed by atoms with E-state index in [1.165, 1.54) is 25.9 Å². The van der Waals surface area contributed by atoms with Gasteiger partial charge in [-0.15, -0.1) is 0 Å². The van der Waals surface area contributed by atoms with Crippen LogP contribution in [-0.4, -0.2) is 42.9 Å². The minimum absolute atomic E-state index is 0.347. The van der Waals surface area contributed by atoms with Crippen molar-refractivity contribution in [3.8, 4) is 0 Å². The van der Waals surface area contributed by atoms with E-state index >= 15 is 0 Å². The molecular formula is C13H21NO3. The monoisotopic (exact) mass is 239 g/mol. The molecule has 1 atom stereocenters. The zero-order valence-corrected chi connectivity index (χ0v) is 10.2. The quantitative estimate of drug-likeness (QED) is 0.737. The number of hydrogen-bond donors (Lipinski definition) is 1. The average molecular weight is 239 g/mol. The molecule has 0 aromatic carbocycles. The van der Waals surface area contributed by atoms with E-state index in [1.54, 1.807) is 18.6 Å². The Hall–Kier alpha value is -0.840. The maximum absolute atomic E-state index is 9.72. The lowest BCUT2D eigenvalue weighted by molar-refractivity contribution is 0.0326. The summed E-state index contributed by atoms with van der Waals surface area (Å²) in [7, 11) is 0. The Labute approximate surface area is 102 Å². The highest BCUT2D eigenvalue weighted by Gasteiger charge is 2.11. The van der Waals surface area contributed by atoms with Crippen LogP contribution in [0.2, 0.25) is 0 Å². The largest absolute Gasteiger partial charge is 0.472 e. The number of likely N-dealkylation sites (tertiary alicyclic amines) is 1. The van der Waals surface area contributed by atoms with Crippen molar-refractivity contribution < 1.29 is 14.3 Å². The number of rotatable bonds is 7. The smallest absolute Gasteiger partial charge is 0.105 e. The van der Waals surface area contributed by atoms with Crippen molar-refractivity contribution in [2.45, 2.75) is 25.4 Å². The molecule has 0 spiro atoms. The highest BCUT2D eigenvalue weighted by Crippen LogP contribution is 2.13. The van der Waals surface area contributed by atoms with E-state index in [0.717, 1.165) is 18.5 Å². The van der Waals surface area contributed by atoms with Crippen molar-refractivity contribution in [3.63, 3.8) is 0 Å². The molecule has 2 rings (SSSR count). The van der Waals surface area contributed by atoms with Gasteiger partial charge in [0, 0.05) is 18.7 Å². The number of nitrogens with zero attached hydrogens (tertiary/aromatic N) is 1. The third-order valence-electron chi connectivity index (χ3n) is 3.17. The molecule has 1 aromatic heterocycles. The van der Waals surface area contributed by atoms with Crippen molar-refractivity contribution in [1.82, 2.24) is 4.90 Å². The van der Waals surface area contributed by atoms with Gasteiger partial charge in [-0.05, 0) is 38.4 Å². The van der Waals surface area contributed by atoms with Crippen molar-refractivity contribution in [1.29, 1.82) is 0 Å². The summed E-state index contributed by atoms with van der Waals surface area (Å²) in [5, 5.41) is 9.72. The first kappa shape index (κ1) is 12.6. The van der Waals surface area contributed by atoms with E-state index in [9.17, 15) is 5.11 Å². The zero-order valence-electron chi connectivity index (χ0n) is 10.2. The fourth-order valence-corrected chi connectivity index (χ4v) is 2.15. The summed E-state index contributed by atoms with van der Waals surface area (Å²) >= 11 is 0. The zero-order chi connectivity index (χ0) is 11.9. The molecule has 0 aliphatic carbocycles. The van der Waals surface area contributed by atoms with E-state index in [2.05, 4.69) is 4.90 Å². The second kappa shape index (κ2) is 6.79. The van der Waals surface area contributed by atoms with E-state index in [1.807, 2.05) is 0 Å². The second-order valence-corrected chi connectivity index (χ2v) is 4.55. The minimum atomic E-state index is -0.569. The molecular weight excluding hydrogens is 218 g/mol. The van der Waals surface area contributed by atoms with Crippen molar-refractivity contribution in [3.05, 3.63) is 24.2 Å². The van der Waals surface area contributed by atoms with Crippen LogP contribution in [0.4, 0.5) is 0 Å². The van der Waals surface area contributed by atoms with E-state index in [4.69, 9.17) is 9.15 Å². The predicted octanol–water partition coefficient (Wildman–Crippen LogP) is 1.82. The Morgan fingerprint density at radius 1 is 1.41 bits per heavy atom. The van der Waals surface area contributed by atoms with Crippen LogP contribution >= 0.6 is 0 Å². The fourth-order valence-electron chi connectivity index (χ4n) is 2.15. The summed E-state index contributed by atoms with van der Waals surface area (Å²) in [6.45, 7) is 4.64. The Kier molecular flexibility index (Phi) is 5.04. The average Bonchev–Trinajstić information content (AvgIpc) is 3.01. The van der Waals surface area contributed by atoms with E-state index in [-0.39, 0.29) is 0 Å². The van der Waals surface area contributed by atoms with Crippen LogP contribution in [0, 0.1) is 0 Å². The maximum Gasteiger partial charge on any atom is 0.105 e. The molecule has 0 amide bonds. The molecule has 0 saturated carbocycles. The lowest BCUT2D eigenvalue weighted by Gasteiger charge is -2.14. The number of ether oxygens (including phenoxy) is 1. The Bertz CT molecular complexity index is 294. The topological polar surface area (TPSA) is 45.8 Å². The number of furan rings is 1. The summed E-state index contributed by atoms with van der Waals surface area (Å²) in [4.78, 5) is 2.47. The van der Waals surface area contributed by atoms with Gasteiger partial charge in [0.25, 0.3) is 0 Å². The normalized spacial score (nSPS) is 18.6. The Morgan fingerprint density at radius 3 is 2.94 bits per heavy atom. The van der Waals surface area contributed by atoms with Gasteiger partial charge in [-0.1, -0.05) is 0 Å². The first-order chi connectivity index (χ1) is 8.36. The van der Waals surface area contributed by atoms with Gasteiger partial charge in [0.2, 0.25) is 0 Å². The molecule has 1 N–H and O–H groups in total. The van der Waals surface area contributed by atoms with Crippen LogP contribution in [0.15, 0.2) is 23.0 Å². The summed E-state index contributed by atoms with van der Waals surface area (Å²) < 4.78 is 10.4. The van der Waals surface area contributed by atoms with Gasteiger partial charge < -0.3 is 19.2 Å². The summed E-state index contributed by atoms with van der Waals surface area (Å²) in [5.41, 5.74) is 0.782. The molecule has 4 nitrogen and oxygen atoms in total. The lowest BCUT2D eigenvalue weighted by Crippen LogP contribution is -2.21. The molecule has 0 bridgehead atoms. The maximum atomic E-state index is 9.72. The van der Waals surface area contributed by atoms with E-state index < -0.39 is 6.10 Å². The molecule has 0 radical (unpaired) electrons. The van der Waals surface area contributed by atoms with Crippen LogP contribution in [-0.2, 0) is 4.74 Å². The third kappa shape index (κ3) is 4.15. The first-order valence-corrected chi connectivity index (χ1v) is 6.36. The Morgan fingerprint density at radius 2 is 2.24 bits per heavy atom. The van der Waals surface area contributed by atoms with Gasteiger partial charge in [-0.2, -0.15) is 0 Å². The summed E-state index contributed by atoms with van der Waals surface area (Å²) in [5.74, 6) is 0. The van der Waals surface area contributed by atoms with Gasteiger partial charge in [0.15, 0.2) is 0 Å². The number of aliphatic hydroxyl groups is 1. The molecule has 2 heterocycles. The lowest BCUT2D eigenvalue weighted by atomic mass is 10.2. The van der Waals surface area contributed by atoms with Crippen LogP contribution in [0.1, 0.15) is 30.9 Å². The predicted molar refractivity (Wildman–Crippen MR) is 64.8 cm³/mol. The van der Waals surface area contributed by atoms with Crippen LogP contribution < -0.4 is 0 Å². The molecule has 1 aliphatic heterocycles. The molecule has 1 saturated heterocycles. The van der Waals surface area contributed by atoms with Gasteiger partial charge >= 0.3 is 0 Å². The first-order valence-electron chi connectivity index (χ1n) is 6.36. The van der Waals surface area contributed by atoms with Crippen LogP contribution in [0.5, 0.6) is 0 Å². The van der Waals surface area contributed by atoms with E-state index in [0.29, 0.717) is 13.2 Å². The third-order valence-corrected chi connectivity index (χ3v) is 3.17. The van der Waals surface area contributed by atoms with Crippen molar-refractivity contribution in [2.75, 3.05) is 32.8 Å². The fraction of sp³-hybridized carbons (Fsp3) is 0.692. The van der Waals surface area contributed by atoms with Crippen molar-refractivity contribution in [2.24, 2.45) is 0 Å². The molecule has 1 aliphatic rings. The number of hydrogen-bond acceptors (Lipinski definition) is 4. The molecule has 1 unspecified atom stereocenters. The van der Waals surface area contributed by atoms with Gasteiger partial charge in [0.05, 0.1) is 19.1 Å². The van der Waals surface area contributed by atoms with Gasteiger partial charge in [0.1, 0.15) is 6.10 Å². The van der Waals surface area contributed by atoms with Crippen LogP contribution in [0.3, 0.4) is 0 Å². The molecule has 96 valence electrons. The molecule has 1 aromatic rings. The Balaban J connectivity index is 1.51. The number of aliphatic hydroxyl groups excluding tert-OH is 1. The molecule has 4 heteroatoms. The minimum Gasteiger partial charge on any atom is -0.472 e. The summed E-state index contributed by atoms with van der Waals surface area (Å²) in [6, 6.07) is 1.76.